The van der Waals surface area contributed by atoms with Gasteiger partial charge in [-0.1, -0.05) is 17.7 Å². The number of primary amides is 1. The van der Waals surface area contributed by atoms with Crippen LogP contribution in [-0.2, 0) is 0 Å². The van der Waals surface area contributed by atoms with Crippen LogP contribution in [0.15, 0.2) is 59.2 Å². The van der Waals surface area contributed by atoms with Crippen LogP contribution in [0.1, 0.15) is 36.8 Å². The predicted molar refractivity (Wildman–Crippen MR) is 106 cm³/mol. The van der Waals surface area contributed by atoms with Crippen LogP contribution in [0.3, 0.4) is 0 Å². The first kappa shape index (κ1) is 19.2. The van der Waals surface area contributed by atoms with E-state index in [0.717, 1.165) is 5.56 Å². The van der Waals surface area contributed by atoms with E-state index in [-0.39, 0.29) is 16.3 Å². The zero-order valence-corrected chi connectivity index (χ0v) is 15.5. The van der Waals surface area contributed by atoms with Crippen molar-refractivity contribution in [1.82, 2.24) is 0 Å². The van der Waals surface area contributed by atoms with Gasteiger partial charge in [-0.2, -0.15) is 0 Å². The van der Waals surface area contributed by atoms with Gasteiger partial charge in [-0.15, -0.1) is 0 Å². The number of carbonyl (C=O) groups excluding carboxylic acids is 3. The summed E-state index contributed by atoms with van der Waals surface area (Å²) in [6, 6.07) is 12.5. The molecule has 0 aliphatic carbocycles. The van der Waals surface area contributed by atoms with Crippen molar-refractivity contribution in [3.8, 4) is 0 Å². The van der Waals surface area contributed by atoms with Crippen molar-refractivity contribution in [2.45, 2.75) is 6.92 Å². The van der Waals surface area contributed by atoms with Crippen molar-refractivity contribution in [3.63, 3.8) is 0 Å². The van der Waals surface area contributed by atoms with Crippen LogP contribution < -0.4 is 16.4 Å². The van der Waals surface area contributed by atoms with Gasteiger partial charge in [-0.25, -0.2) is 0 Å². The topological polar surface area (TPSA) is 114 Å². The first-order valence-electron chi connectivity index (χ1n) is 8.21. The van der Waals surface area contributed by atoms with Crippen molar-refractivity contribution in [3.05, 3.63) is 82.3 Å². The number of hydrogen-bond donors (Lipinski definition) is 3. The molecule has 8 heteroatoms. The lowest BCUT2D eigenvalue weighted by molar-refractivity contribution is 0.0990. The third-order valence-corrected chi connectivity index (χ3v) is 4.31. The number of halogens is 1. The molecule has 0 spiro atoms. The van der Waals surface area contributed by atoms with Crippen LogP contribution in [-0.4, -0.2) is 17.7 Å². The number of aryl methyl sites for hydroxylation is 1. The maximum absolute atomic E-state index is 12.6. The smallest absolute Gasteiger partial charge is 0.291 e. The summed E-state index contributed by atoms with van der Waals surface area (Å²) in [5, 5.41) is 5.58. The average Bonchev–Trinajstić information content (AvgIpc) is 3.19. The Bertz CT molecular complexity index is 1060. The second-order valence-electron chi connectivity index (χ2n) is 5.97. The summed E-state index contributed by atoms with van der Waals surface area (Å²) in [5.41, 5.74) is 7.30. The van der Waals surface area contributed by atoms with Gasteiger partial charge in [-0.05, 0) is 55.0 Å². The minimum atomic E-state index is -0.695. The number of furan rings is 1. The highest BCUT2D eigenvalue weighted by Crippen LogP contribution is 2.22. The lowest BCUT2D eigenvalue weighted by Crippen LogP contribution is -2.16. The van der Waals surface area contributed by atoms with Crippen LogP contribution in [0.5, 0.6) is 0 Å². The highest BCUT2D eigenvalue weighted by molar-refractivity contribution is 6.34. The zero-order chi connectivity index (χ0) is 20.3. The van der Waals surface area contributed by atoms with Crippen LogP contribution in [0.25, 0.3) is 0 Å². The van der Waals surface area contributed by atoms with Crippen molar-refractivity contribution >= 4 is 40.7 Å². The fraction of sp³-hybridized carbons (Fsp3) is 0.0500. The van der Waals surface area contributed by atoms with Crippen molar-refractivity contribution < 1.29 is 18.8 Å². The lowest BCUT2D eigenvalue weighted by atomic mass is 10.1. The number of anilines is 2. The highest BCUT2D eigenvalue weighted by Gasteiger charge is 2.14. The van der Waals surface area contributed by atoms with E-state index in [9.17, 15) is 14.4 Å². The van der Waals surface area contributed by atoms with Gasteiger partial charge in [0, 0.05) is 16.9 Å². The Labute approximate surface area is 165 Å². The summed E-state index contributed by atoms with van der Waals surface area (Å²) in [4.78, 5) is 36.1. The molecule has 7 nitrogen and oxygen atoms in total. The molecule has 0 saturated carbocycles. The van der Waals surface area contributed by atoms with E-state index in [2.05, 4.69) is 10.6 Å². The molecule has 0 saturated heterocycles. The van der Waals surface area contributed by atoms with E-state index in [1.807, 2.05) is 0 Å². The van der Waals surface area contributed by atoms with Crippen LogP contribution in [0, 0.1) is 6.92 Å². The normalized spacial score (nSPS) is 10.4. The Balaban J connectivity index is 1.80. The Hall–Kier alpha value is -3.58. The lowest BCUT2D eigenvalue weighted by Gasteiger charge is -2.11. The van der Waals surface area contributed by atoms with Crippen molar-refractivity contribution in [1.29, 1.82) is 0 Å². The zero-order valence-electron chi connectivity index (χ0n) is 14.8. The Kier molecular flexibility index (Phi) is 5.47. The van der Waals surface area contributed by atoms with Gasteiger partial charge in [0.15, 0.2) is 5.76 Å². The molecule has 1 aromatic heterocycles. The van der Waals surface area contributed by atoms with Gasteiger partial charge in [0.05, 0.1) is 16.8 Å². The summed E-state index contributed by atoms with van der Waals surface area (Å²) in [6.45, 7) is 1.80. The van der Waals surface area contributed by atoms with E-state index in [1.165, 1.54) is 24.5 Å². The fourth-order valence-electron chi connectivity index (χ4n) is 2.48. The SMILES string of the molecule is Cc1ccc(C(=O)Nc2ccc(Cl)c(C(N)=O)c2)cc1NC(=O)c1ccco1. The Morgan fingerprint density at radius 3 is 2.46 bits per heavy atom. The first-order valence-corrected chi connectivity index (χ1v) is 8.59. The number of amides is 3. The van der Waals surface area contributed by atoms with Gasteiger partial charge in [0.1, 0.15) is 0 Å². The van der Waals surface area contributed by atoms with E-state index in [1.54, 1.807) is 37.3 Å². The molecule has 1 heterocycles. The third kappa shape index (κ3) is 4.21. The van der Waals surface area contributed by atoms with Crippen molar-refractivity contribution in [2.75, 3.05) is 10.6 Å². The Morgan fingerprint density at radius 1 is 1.00 bits per heavy atom. The highest BCUT2D eigenvalue weighted by atomic mass is 35.5. The number of carbonyl (C=O) groups is 3. The maximum Gasteiger partial charge on any atom is 0.291 e. The number of hydrogen-bond acceptors (Lipinski definition) is 4. The summed E-state index contributed by atoms with van der Waals surface area (Å²) < 4.78 is 5.06. The minimum absolute atomic E-state index is 0.106. The standard InChI is InChI=1S/C20H16ClN3O4/c1-11-4-5-12(9-16(11)24-20(27)17-3-2-8-28-17)19(26)23-13-6-7-15(21)14(10-13)18(22)25/h2-10H,1H3,(H2,22,25)(H,23,26)(H,24,27). The van der Waals surface area contributed by atoms with Crippen LogP contribution >= 0.6 is 11.6 Å². The molecule has 3 aromatic rings. The van der Waals surface area contributed by atoms with Gasteiger partial charge < -0.3 is 20.8 Å². The molecule has 0 aliphatic rings. The largest absolute Gasteiger partial charge is 0.459 e. The molecule has 0 bridgehead atoms. The van der Waals surface area contributed by atoms with Gasteiger partial charge in [-0.3, -0.25) is 14.4 Å². The summed E-state index contributed by atoms with van der Waals surface area (Å²) in [7, 11) is 0. The molecule has 0 radical (unpaired) electrons. The second-order valence-corrected chi connectivity index (χ2v) is 6.38. The summed E-state index contributed by atoms with van der Waals surface area (Å²) in [6.07, 6.45) is 1.40. The van der Waals surface area contributed by atoms with E-state index >= 15 is 0 Å². The van der Waals surface area contributed by atoms with E-state index < -0.39 is 17.7 Å². The molecule has 0 aliphatic heterocycles. The van der Waals surface area contributed by atoms with Gasteiger partial charge >= 0.3 is 0 Å². The quantitative estimate of drug-likeness (QED) is 0.606. The van der Waals surface area contributed by atoms with E-state index in [4.69, 9.17) is 21.8 Å². The molecule has 2 aromatic carbocycles. The maximum atomic E-state index is 12.6. The molecule has 0 fully saturated rings. The number of rotatable bonds is 5. The van der Waals surface area contributed by atoms with Crippen molar-refractivity contribution in [2.24, 2.45) is 5.73 Å². The molecule has 142 valence electrons. The van der Waals surface area contributed by atoms with Crippen LogP contribution in [0.4, 0.5) is 11.4 Å². The van der Waals surface area contributed by atoms with Crippen LogP contribution in [0.2, 0.25) is 5.02 Å². The molecule has 0 atom stereocenters. The number of benzene rings is 2. The molecule has 3 amide bonds. The second kappa shape index (κ2) is 7.98. The Morgan fingerprint density at radius 2 is 1.79 bits per heavy atom. The molecular formula is C20H16ClN3O4. The fourth-order valence-corrected chi connectivity index (χ4v) is 2.70. The molecule has 28 heavy (non-hydrogen) atoms. The monoisotopic (exact) mass is 397 g/mol. The molecular weight excluding hydrogens is 382 g/mol. The molecule has 0 unspecified atom stereocenters. The summed E-state index contributed by atoms with van der Waals surface area (Å²) in [5.74, 6) is -1.38. The molecule has 3 rings (SSSR count). The number of nitrogens with one attached hydrogen (secondary N) is 2. The molecule has 4 N–H and O–H groups in total. The number of nitrogens with two attached hydrogens (primary N) is 1. The average molecular weight is 398 g/mol. The van der Waals surface area contributed by atoms with Gasteiger partial charge in [0.2, 0.25) is 5.91 Å². The van der Waals surface area contributed by atoms with Gasteiger partial charge in [0.25, 0.3) is 11.8 Å². The first-order chi connectivity index (χ1) is 13.3. The summed E-state index contributed by atoms with van der Waals surface area (Å²) >= 11 is 5.91. The predicted octanol–water partition coefficient (Wildman–Crippen LogP) is 3.84. The third-order valence-electron chi connectivity index (χ3n) is 3.98. The minimum Gasteiger partial charge on any atom is -0.459 e. The van der Waals surface area contributed by atoms with E-state index in [0.29, 0.717) is 16.9 Å².